The molecular weight excluding hydrogens is 474 g/mol. The first-order chi connectivity index (χ1) is 16.8. The molecule has 1 aromatic heterocycles. The number of amides is 4. The van der Waals surface area contributed by atoms with Gasteiger partial charge in [0.05, 0.1) is 23.8 Å². The van der Waals surface area contributed by atoms with Crippen molar-refractivity contribution >= 4 is 45.5 Å². The van der Waals surface area contributed by atoms with E-state index in [2.05, 4.69) is 35.4 Å². The van der Waals surface area contributed by atoms with Gasteiger partial charge in [0, 0.05) is 18.4 Å². The number of nitrogens with two attached hydrogens (primary N) is 2. The predicted molar refractivity (Wildman–Crippen MR) is 132 cm³/mol. The van der Waals surface area contributed by atoms with E-state index in [0.29, 0.717) is 29.9 Å². The highest BCUT2D eigenvalue weighted by Crippen LogP contribution is 2.33. The standard InChI is InChI=1S/C20H25N11O3S/c1-11-3-4-13(29-8-16(25-18(21)32)35(10-29)28-19(22)33)5-14(11)27-31-20-24-9-23-17(26-20)15-7-30(31)6-12(2)34-15/h3-5,8-10,12,15,27H,6-7H2,1-2H3,(H3,21,25,32)(H3,22,28,33). The number of anilines is 3. The van der Waals surface area contributed by atoms with Gasteiger partial charge in [-0.2, -0.15) is 20.1 Å². The highest BCUT2D eigenvalue weighted by Gasteiger charge is 2.36. The number of aryl methyl sites for hydroxylation is 1. The van der Waals surface area contributed by atoms with E-state index < -0.39 is 22.7 Å². The zero-order valence-corrected chi connectivity index (χ0v) is 19.8. The lowest BCUT2D eigenvalue weighted by Crippen LogP contribution is -2.54. The number of hydrazine groups is 2. The molecule has 1 saturated heterocycles. The lowest BCUT2D eigenvalue weighted by Gasteiger charge is -2.40. The maximum absolute atomic E-state index is 11.4. The Morgan fingerprint density at radius 2 is 2.03 bits per heavy atom. The van der Waals surface area contributed by atoms with Gasteiger partial charge in [0.15, 0.2) is 5.82 Å². The first kappa shape index (κ1) is 22.8. The van der Waals surface area contributed by atoms with E-state index in [1.165, 1.54) is 6.33 Å². The Morgan fingerprint density at radius 1 is 1.20 bits per heavy atom. The molecule has 3 aliphatic heterocycles. The fourth-order valence-corrected chi connectivity index (χ4v) is 5.30. The van der Waals surface area contributed by atoms with Gasteiger partial charge >= 0.3 is 12.1 Å². The van der Waals surface area contributed by atoms with E-state index in [0.717, 1.165) is 16.9 Å². The number of ether oxygens (including phenoxy) is 1. The van der Waals surface area contributed by atoms with E-state index in [1.54, 1.807) is 16.6 Å². The van der Waals surface area contributed by atoms with Crippen molar-refractivity contribution in [2.75, 3.05) is 28.5 Å². The van der Waals surface area contributed by atoms with Crippen molar-refractivity contribution in [3.8, 4) is 0 Å². The minimum Gasteiger partial charge on any atom is -0.364 e. The Labute approximate surface area is 203 Å². The summed E-state index contributed by atoms with van der Waals surface area (Å²) in [5, 5.41) is 6.87. The number of morpholine rings is 1. The summed E-state index contributed by atoms with van der Waals surface area (Å²) >= 11 is 0. The molecule has 0 aliphatic carbocycles. The Morgan fingerprint density at radius 3 is 2.80 bits per heavy atom. The minimum atomic E-state index is -0.957. The molecular formula is C20H25N11O3S. The molecule has 5 rings (SSSR count). The molecule has 35 heavy (non-hydrogen) atoms. The van der Waals surface area contributed by atoms with Crippen LogP contribution in [-0.4, -0.2) is 56.7 Å². The Kier molecular flexibility index (Phi) is 5.88. The Bertz CT molecular complexity index is 1220. The van der Waals surface area contributed by atoms with Gasteiger partial charge in [-0.25, -0.2) is 14.6 Å². The summed E-state index contributed by atoms with van der Waals surface area (Å²) in [6, 6.07) is 4.36. The molecule has 7 N–H and O–H groups in total. The number of fused-ring (bicyclic) bond motifs is 5. The normalized spacial score (nSPS) is 24.7. The number of benzene rings is 1. The van der Waals surface area contributed by atoms with Crippen LogP contribution in [0.25, 0.3) is 0 Å². The van der Waals surface area contributed by atoms with Crippen LogP contribution in [0, 0.1) is 6.92 Å². The first-order valence-corrected chi connectivity index (χ1v) is 12.0. The Hall–Kier alpha value is -3.95. The van der Waals surface area contributed by atoms with Crippen LogP contribution in [-0.2, 0) is 4.74 Å². The van der Waals surface area contributed by atoms with Crippen molar-refractivity contribution in [2.45, 2.75) is 26.1 Å². The molecule has 15 heteroatoms. The molecule has 4 heterocycles. The van der Waals surface area contributed by atoms with E-state index in [-0.39, 0.29) is 12.2 Å². The highest BCUT2D eigenvalue weighted by molar-refractivity contribution is 8.17. The molecule has 0 radical (unpaired) electrons. The maximum atomic E-state index is 11.4. The van der Waals surface area contributed by atoms with Crippen LogP contribution in [0.3, 0.4) is 0 Å². The van der Waals surface area contributed by atoms with Crippen molar-refractivity contribution in [3.63, 3.8) is 0 Å². The van der Waals surface area contributed by atoms with Gasteiger partial charge in [-0.3, -0.25) is 10.1 Å². The zero-order chi connectivity index (χ0) is 24.7. The summed E-state index contributed by atoms with van der Waals surface area (Å²) in [4.78, 5) is 37.8. The fraction of sp³-hybridized carbons (Fsp3) is 0.300. The van der Waals surface area contributed by atoms with Gasteiger partial charge in [0.1, 0.15) is 17.5 Å². The molecule has 14 nitrogen and oxygen atoms in total. The molecule has 4 atom stereocenters. The van der Waals surface area contributed by atoms with E-state index >= 15 is 0 Å². The second-order valence-corrected chi connectivity index (χ2v) is 9.70. The summed E-state index contributed by atoms with van der Waals surface area (Å²) in [6.07, 6.45) is 2.90. The van der Waals surface area contributed by atoms with Gasteiger partial charge in [0.25, 0.3) is 5.95 Å². The Balaban J connectivity index is 1.45. The quantitative estimate of drug-likeness (QED) is 0.366. The van der Waals surface area contributed by atoms with E-state index in [1.807, 2.05) is 37.2 Å². The molecule has 1 fully saturated rings. The zero-order valence-electron chi connectivity index (χ0n) is 19.0. The van der Waals surface area contributed by atoms with Gasteiger partial charge < -0.3 is 26.4 Å². The molecule has 4 amide bonds. The van der Waals surface area contributed by atoms with E-state index in [4.69, 9.17) is 16.2 Å². The third-order valence-corrected chi connectivity index (χ3v) is 7.03. The lowest BCUT2D eigenvalue weighted by molar-refractivity contribution is -0.0814. The number of aromatic nitrogens is 3. The van der Waals surface area contributed by atoms with Crippen molar-refractivity contribution < 1.29 is 14.3 Å². The van der Waals surface area contributed by atoms with Crippen LogP contribution < -0.4 is 36.9 Å². The average Bonchev–Trinajstić information content (AvgIpc) is 3.16. The van der Waals surface area contributed by atoms with E-state index in [9.17, 15) is 9.59 Å². The second kappa shape index (κ2) is 9.01. The number of nitrogens with one attached hydrogen (secondary N) is 3. The highest BCUT2D eigenvalue weighted by atomic mass is 32.2. The number of nitrogens with zero attached hydrogens (tertiary/aromatic N) is 6. The number of carbonyl (C=O) groups excluding carboxylic acids is 2. The third-order valence-electron chi connectivity index (χ3n) is 5.49. The van der Waals surface area contributed by atoms with Gasteiger partial charge in [-0.05, 0) is 42.2 Å². The van der Waals surface area contributed by atoms with Crippen LogP contribution in [0.1, 0.15) is 24.4 Å². The lowest BCUT2D eigenvalue weighted by atomic mass is 10.2. The molecule has 1 aromatic carbocycles. The van der Waals surface area contributed by atoms with Gasteiger partial charge in [-0.1, -0.05) is 6.07 Å². The average molecular weight is 500 g/mol. The third kappa shape index (κ3) is 4.68. The number of hydrogen-bond acceptors (Lipinski definition) is 10. The number of rotatable bonds is 5. The molecule has 2 aromatic rings. The summed E-state index contributed by atoms with van der Waals surface area (Å²) in [6.45, 7) is 5.22. The van der Waals surface area contributed by atoms with Crippen molar-refractivity contribution in [1.82, 2.24) is 30.0 Å². The molecule has 184 valence electrons. The fourth-order valence-electron chi connectivity index (χ4n) is 3.96. The maximum Gasteiger partial charge on any atom is 0.322 e. The number of urea groups is 2. The van der Waals surface area contributed by atoms with Crippen LogP contribution in [0.4, 0.5) is 26.9 Å². The summed E-state index contributed by atoms with van der Waals surface area (Å²) < 4.78 is 8.61. The summed E-state index contributed by atoms with van der Waals surface area (Å²) in [5.74, 6) is 1.06. The number of hydrogen-bond donors (Lipinski definition) is 5. The van der Waals surface area contributed by atoms with Gasteiger partial charge in [-0.15, -0.1) is 0 Å². The van der Waals surface area contributed by atoms with Crippen LogP contribution in [0.2, 0.25) is 0 Å². The summed E-state index contributed by atoms with van der Waals surface area (Å²) in [7, 11) is -0.957. The second-order valence-electron chi connectivity index (χ2n) is 8.17. The van der Waals surface area contributed by atoms with Crippen LogP contribution in [0.5, 0.6) is 0 Å². The topological polar surface area (TPSA) is 180 Å². The monoisotopic (exact) mass is 499 g/mol. The summed E-state index contributed by atoms with van der Waals surface area (Å²) in [5.41, 5.74) is 18.3. The molecule has 3 aliphatic rings. The predicted octanol–water partition coefficient (Wildman–Crippen LogP) is 0.603. The van der Waals surface area contributed by atoms with Crippen molar-refractivity contribution in [2.24, 2.45) is 11.5 Å². The molecule has 4 unspecified atom stereocenters. The number of carbonyl (C=O) groups is 2. The smallest absolute Gasteiger partial charge is 0.322 e. The first-order valence-electron chi connectivity index (χ1n) is 10.7. The SMILES string of the molecule is Cc1ccc(N2C=C(NC(N)=O)S(NC(N)=O)=C2)cc1NN1c2ncnc(n2)C2CN1CC(C)O2. The van der Waals surface area contributed by atoms with Crippen molar-refractivity contribution in [1.29, 1.82) is 0 Å². The largest absolute Gasteiger partial charge is 0.364 e. The van der Waals surface area contributed by atoms with Crippen molar-refractivity contribution in [3.05, 3.63) is 47.1 Å². The molecule has 4 bridgehead atoms. The van der Waals surface area contributed by atoms with Gasteiger partial charge in [0.2, 0.25) is 0 Å². The number of primary amides is 2. The molecule has 0 spiro atoms. The minimum absolute atomic E-state index is 0.0143. The van der Waals surface area contributed by atoms with Crippen LogP contribution >= 0.6 is 10.7 Å². The molecule has 0 saturated carbocycles. The van der Waals surface area contributed by atoms with Crippen LogP contribution in [0.15, 0.2) is 35.8 Å².